The molecule has 6 heteroatoms. The van der Waals surface area contributed by atoms with Crippen LogP contribution in [-0.4, -0.2) is 52.0 Å². The number of carbonyl (C=O) groups is 1. The van der Waals surface area contributed by atoms with Crippen LogP contribution in [0, 0.1) is 0 Å². The van der Waals surface area contributed by atoms with Gasteiger partial charge in [-0.1, -0.05) is 6.07 Å². The van der Waals surface area contributed by atoms with E-state index in [1.165, 1.54) is 0 Å². The Hall–Kier alpha value is -1.66. The highest BCUT2D eigenvalue weighted by atomic mass is 16.6. The molecule has 0 saturated carbocycles. The second kappa shape index (κ2) is 5.76. The normalized spacial score (nSPS) is 30.9. The zero-order valence-electron chi connectivity index (χ0n) is 13.9. The van der Waals surface area contributed by atoms with Crippen LogP contribution in [0.3, 0.4) is 0 Å². The van der Waals surface area contributed by atoms with Crippen molar-refractivity contribution in [1.82, 2.24) is 9.88 Å². The number of amides is 1. The summed E-state index contributed by atoms with van der Waals surface area (Å²) in [6.07, 6.45) is 3.90. The summed E-state index contributed by atoms with van der Waals surface area (Å²) in [5, 5.41) is 11.1. The third kappa shape index (κ3) is 3.33. The van der Waals surface area contributed by atoms with Crippen LogP contribution in [0.5, 0.6) is 0 Å². The molecule has 2 unspecified atom stereocenters. The SMILES string of the molecule is CC(C)(C)OC(=O)N1C2COCC1CC(O)(c1cccnc1)C2. The van der Waals surface area contributed by atoms with Crippen molar-refractivity contribution < 1.29 is 19.4 Å². The lowest BCUT2D eigenvalue weighted by atomic mass is 9.77. The fourth-order valence-electron chi connectivity index (χ4n) is 3.46. The van der Waals surface area contributed by atoms with Gasteiger partial charge in [0.2, 0.25) is 0 Å². The first-order valence-electron chi connectivity index (χ1n) is 8.00. The molecule has 0 aromatic carbocycles. The zero-order valence-corrected chi connectivity index (χ0v) is 13.9. The topological polar surface area (TPSA) is 71.9 Å². The first-order valence-corrected chi connectivity index (χ1v) is 8.00. The molecule has 1 amide bonds. The van der Waals surface area contributed by atoms with Crippen LogP contribution in [0.15, 0.2) is 24.5 Å². The molecule has 2 aliphatic heterocycles. The Balaban J connectivity index is 1.82. The Labute approximate surface area is 136 Å². The number of carbonyl (C=O) groups excluding carboxylic acids is 1. The quantitative estimate of drug-likeness (QED) is 0.857. The predicted octanol–water partition coefficient (Wildman–Crippen LogP) is 2.07. The molecule has 2 aliphatic rings. The van der Waals surface area contributed by atoms with Gasteiger partial charge in [-0.2, -0.15) is 0 Å². The second-order valence-corrected chi connectivity index (χ2v) is 7.41. The molecular weight excluding hydrogens is 296 g/mol. The number of hydrogen-bond donors (Lipinski definition) is 1. The molecule has 1 aromatic heterocycles. The lowest BCUT2D eigenvalue weighted by molar-refractivity contribution is -0.141. The van der Waals surface area contributed by atoms with Crippen molar-refractivity contribution in [3.05, 3.63) is 30.1 Å². The van der Waals surface area contributed by atoms with E-state index in [0.29, 0.717) is 26.1 Å². The minimum atomic E-state index is -0.980. The molecule has 126 valence electrons. The first-order chi connectivity index (χ1) is 10.8. The van der Waals surface area contributed by atoms with Gasteiger partial charge >= 0.3 is 6.09 Å². The number of morpholine rings is 1. The molecule has 0 aliphatic carbocycles. The monoisotopic (exact) mass is 320 g/mol. The summed E-state index contributed by atoms with van der Waals surface area (Å²) in [5.74, 6) is 0. The summed E-state index contributed by atoms with van der Waals surface area (Å²) in [6.45, 7) is 6.39. The molecule has 1 aromatic rings. The van der Waals surface area contributed by atoms with Crippen LogP contribution in [0.25, 0.3) is 0 Å². The zero-order chi connectivity index (χ0) is 16.7. The minimum Gasteiger partial charge on any atom is -0.444 e. The molecule has 2 bridgehead atoms. The Bertz CT molecular complexity index is 556. The van der Waals surface area contributed by atoms with Gasteiger partial charge in [0.25, 0.3) is 0 Å². The van der Waals surface area contributed by atoms with E-state index in [1.54, 1.807) is 17.3 Å². The van der Waals surface area contributed by atoms with E-state index in [4.69, 9.17) is 9.47 Å². The summed E-state index contributed by atoms with van der Waals surface area (Å²) in [6, 6.07) is 3.32. The van der Waals surface area contributed by atoms with E-state index in [1.807, 2.05) is 32.9 Å². The summed E-state index contributed by atoms with van der Waals surface area (Å²) in [4.78, 5) is 18.4. The number of nitrogens with zero attached hydrogens (tertiary/aromatic N) is 2. The van der Waals surface area contributed by atoms with Gasteiger partial charge in [-0.25, -0.2) is 4.79 Å². The van der Waals surface area contributed by atoms with E-state index in [0.717, 1.165) is 5.56 Å². The van der Waals surface area contributed by atoms with E-state index >= 15 is 0 Å². The standard InChI is InChI=1S/C17H24N2O4/c1-16(2,3)23-15(20)19-13-7-17(21,8-14(19)11-22-10-13)12-5-4-6-18-9-12/h4-6,9,13-14,21H,7-8,10-11H2,1-3H3. The van der Waals surface area contributed by atoms with Gasteiger partial charge in [0.05, 0.1) is 30.9 Å². The molecule has 1 N–H and O–H groups in total. The fraction of sp³-hybridized carbons (Fsp3) is 0.647. The first kappa shape index (κ1) is 16.2. The molecular formula is C17H24N2O4. The summed E-state index contributed by atoms with van der Waals surface area (Å²) in [7, 11) is 0. The van der Waals surface area contributed by atoms with Gasteiger partial charge in [-0.15, -0.1) is 0 Å². The van der Waals surface area contributed by atoms with Crippen molar-refractivity contribution >= 4 is 6.09 Å². The highest BCUT2D eigenvalue weighted by molar-refractivity contribution is 5.69. The van der Waals surface area contributed by atoms with E-state index < -0.39 is 11.2 Å². The molecule has 2 fully saturated rings. The number of fused-ring (bicyclic) bond motifs is 2. The van der Waals surface area contributed by atoms with Crippen molar-refractivity contribution in [3.8, 4) is 0 Å². The van der Waals surface area contributed by atoms with E-state index in [-0.39, 0.29) is 18.2 Å². The lowest BCUT2D eigenvalue weighted by Gasteiger charge is -2.51. The minimum absolute atomic E-state index is 0.192. The second-order valence-electron chi connectivity index (χ2n) is 7.41. The predicted molar refractivity (Wildman–Crippen MR) is 83.8 cm³/mol. The van der Waals surface area contributed by atoms with Gasteiger partial charge in [0, 0.05) is 30.8 Å². The molecule has 0 spiro atoms. The number of piperidine rings is 1. The average molecular weight is 320 g/mol. The molecule has 0 radical (unpaired) electrons. The molecule has 23 heavy (non-hydrogen) atoms. The van der Waals surface area contributed by atoms with Crippen molar-refractivity contribution in [1.29, 1.82) is 0 Å². The lowest BCUT2D eigenvalue weighted by Crippen LogP contribution is -2.63. The molecule has 2 saturated heterocycles. The maximum atomic E-state index is 12.5. The highest BCUT2D eigenvalue weighted by Gasteiger charge is 2.49. The van der Waals surface area contributed by atoms with Crippen LogP contribution in [0.1, 0.15) is 39.2 Å². The summed E-state index contributed by atoms with van der Waals surface area (Å²) >= 11 is 0. The van der Waals surface area contributed by atoms with Crippen molar-refractivity contribution in [2.75, 3.05) is 13.2 Å². The number of ether oxygens (including phenoxy) is 2. The smallest absolute Gasteiger partial charge is 0.410 e. The van der Waals surface area contributed by atoms with Crippen molar-refractivity contribution in [3.63, 3.8) is 0 Å². The summed E-state index contributed by atoms with van der Waals surface area (Å²) < 4.78 is 11.1. The Morgan fingerprint density at radius 3 is 2.57 bits per heavy atom. The van der Waals surface area contributed by atoms with E-state index in [9.17, 15) is 9.90 Å². The van der Waals surface area contributed by atoms with Crippen molar-refractivity contribution in [2.45, 2.75) is 56.9 Å². The van der Waals surface area contributed by atoms with Gasteiger partial charge in [0.1, 0.15) is 5.60 Å². The van der Waals surface area contributed by atoms with Crippen LogP contribution in [0.2, 0.25) is 0 Å². The Morgan fingerprint density at radius 2 is 2.04 bits per heavy atom. The van der Waals surface area contributed by atoms with Crippen LogP contribution >= 0.6 is 0 Å². The maximum absolute atomic E-state index is 12.5. The maximum Gasteiger partial charge on any atom is 0.410 e. The third-order valence-electron chi connectivity index (χ3n) is 4.36. The number of rotatable bonds is 1. The van der Waals surface area contributed by atoms with Crippen LogP contribution in [0.4, 0.5) is 4.79 Å². The Morgan fingerprint density at radius 1 is 1.39 bits per heavy atom. The molecule has 6 nitrogen and oxygen atoms in total. The Kier molecular flexibility index (Phi) is 4.06. The number of hydrogen-bond acceptors (Lipinski definition) is 5. The van der Waals surface area contributed by atoms with Crippen LogP contribution in [-0.2, 0) is 15.1 Å². The average Bonchev–Trinajstić information content (AvgIpc) is 2.45. The molecule has 2 atom stereocenters. The number of aliphatic hydroxyl groups is 1. The van der Waals surface area contributed by atoms with Crippen molar-refractivity contribution in [2.24, 2.45) is 0 Å². The van der Waals surface area contributed by atoms with E-state index in [2.05, 4.69) is 4.98 Å². The number of pyridine rings is 1. The van der Waals surface area contributed by atoms with Gasteiger partial charge < -0.3 is 14.6 Å². The fourth-order valence-corrected chi connectivity index (χ4v) is 3.46. The van der Waals surface area contributed by atoms with Gasteiger partial charge in [-0.05, 0) is 26.8 Å². The van der Waals surface area contributed by atoms with Gasteiger partial charge in [-0.3, -0.25) is 9.88 Å². The molecule has 3 rings (SSSR count). The molecule has 3 heterocycles. The third-order valence-corrected chi connectivity index (χ3v) is 4.36. The largest absolute Gasteiger partial charge is 0.444 e. The summed E-state index contributed by atoms with van der Waals surface area (Å²) in [5.41, 5.74) is -0.726. The van der Waals surface area contributed by atoms with Crippen LogP contribution < -0.4 is 0 Å². The number of aromatic nitrogens is 1. The highest BCUT2D eigenvalue weighted by Crippen LogP contribution is 2.41. The van der Waals surface area contributed by atoms with Gasteiger partial charge in [0.15, 0.2) is 0 Å².